The van der Waals surface area contributed by atoms with E-state index in [9.17, 15) is 9.59 Å². The van der Waals surface area contributed by atoms with E-state index in [1.807, 2.05) is 48.5 Å². The molecule has 3 aromatic rings. The number of hydrogen-bond acceptors (Lipinski definition) is 3. The Morgan fingerprint density at radius 2 is 1.40 bits per heavy atom. The summed E-state index contributed by atoms with van der Waals surface area (Å²) in [4.78, 5) is 25.9. The summed E-state index contributed by atoms with van der Waals surface area (Å²) in [5.41, 5.74) is 8.05. The first kappa shape index (κ1) is 21.1. The van der Waals surface area contributed by atoms with Crippen LogP contribution >= 0.6 is 0 Å². The molecular weight excluding hydrogens is 376 g/mol. The van der Waals surface area contributed by atoms with Crippen molar-refractivity contribution in [2.75, 3.05) is 13.2 Å². The maximum Gasteiger partial charge on any atom is 0.254 e. The molecule has 0 spiro atoms. The molecule has 2 amide bonds. The predicted molar refractivity (Wildman–Crippen MR) is 117 cm³/mol. The number of nitrogens with zero attached hydrogens (tertiary/aromatic N) is 1. The molecule has 0 aliphatic rings. The third-order valence-electron chi connectivity index (χ3n) is 4.74. The van der Waals surface area contributed by atoms with Crippen LogP contribution in [0.15, 0.2) is 84.9 Å². The molecule has 0 atom stereocenters. The van der Waals surface area contributed by atoms with E-state index in [2.05, 4.69) is 12.1 Å². The lowest BCUT2D eigenvalue weighted by Gasteiger charge is -2.22. The molecule has 3 rings (SSSR count). The van der Waals surface area contributed by atoms with Gasteiger partial charge in [-0.25, -0.2) is 0 Å². The Morgan fingerprint density at radius 3 is 2.00 bits per heavy atom. The summed E-state index contributed by atoms with van der Waals surface area (Å²) in [5.74, 6) is 0.146. The Kier molecular flexibility index (Phi) is 7.61. The Labute approximate surface area is 177 Å². The second-order valence-corrected chi connectivity index (χ2v) is 7.04. The van der Waals surface area contributed by atoms with E-state index in [1.165, 1.54) is 5.56 Å². The molecule has 0 aromatic heterocycles. The van der Waals surface area contributed by atoms with E-state index >= 15 is 0 Å². The first-order chi connectivity index (χ1) is 14.6. The van der Waals surface area contributed by atoms with E-state index in [0.717, 1.165) is 12.0 Å². The number of primary amides is 1. The van der Waals surface area contributed by atoms with Gasteiger partial charge in [0.15, 0.2) is 0 Å². The van der Waals surface area contributed by atoms with Gasteiger partial charge in [-0.15, -0.1) is 0 Å². The van der Waals surface area contributed by atoms with Crippen molar-refractivity contribution in [2.45, 2.75) is 19.4 Å². The Balaban J connectivity index is 1.61. The smallest absolute Gasteiger partial charge is 0.254 e. The van der Waals surface area contributed by atoms with E-state index in [1.54, 1.807) is 29.2 Å². The van der Waals surface area contributed by atoms with Crippen molar-refractivity contribution in [3.63, 3.8) is 0 Å². The molecule has 154 valence electrons. The number of rotatable bonds is 10. The fraction of sp³-hybridized carbons (Fsp3) is 0.200. The van der Waals surface area contributed by atoms with Crippen LogP contribution in [-0.2, 0) is 17.8 Å². The van der Waals surface area contributed by atoms with Gasteiger partial charge < -0.3 is 15.4 Å². The van der Waals surface area contributed by atoms with E-state index in [4.69, 9.17) is 10.5 Å². The van der Waals surface area contributed by atoms with Gasteiger partial charge in [0.2, 0.25) is 5.91 Å². The molecular formula is C25H26N2O3. The van der Waals surface area contributed by atoms with Crippen LogP contribution in [-0.4, -0.2) is 29.9 Å². The van der Waals surface area contributed by atoms with Crippen molar-refractivity contribution in [1.82, 2.24) is 4.90 Å². The third kappa shape index (κ3) is 6.48. The minimum Gasteiger partial charge on any atom is -0.493 e. The van der Waals surface area contributed by atoms with E-state index in [-0.39, 0.29) is 18.9 Å². The fourth-order valence-electron chi connectivity index (χ4n) is 3.11. The van der Waals surface area contributed by atoms with E-state index in [0.29, 0.717) is 24.5 Å². The van der Waals surface area contributed by atoms with Gasteiger partial charge in [-0.1, -0.05) is 60.7 Å². The van der Waals surface area contributed by atoms with Gasteiger partial charge in [-0.3, -0.25) is 9.59 Å². The number of hydrogen-bond donors (Lipinski definition) is 1. The lowest BCUT2D eigenvalue weighted by atomic mass is 10.1. The molecule has 0 bridgehead atoms. The summed E-state index contributed by atoms with van der Waals surface area (Å²) in [7, 11) is 0. The van der Waals surface area contributed by atoms with Crippen LogP contribution in [0.3, 0.4) is 0 Å². The molecule has 0 heterocycles. The highest BCUT2D eigenvalue weighted by molar-refractivity contribution is 5.94. The number of ether oxygens (including phenoxy) is 1. The summed E-state index contributed by atoms with van der Waals surface area (Å²) in [6.07, 6.45) is 0.943. The van der Waals surface area contributed by atoms with E-state index < -0.39 is 5.91 Å². The highest BCUT2D eigenvalue weighted by Crippen LogP contribution is 2.16. The van der Waals surface area contributed by atoms with Crippen LogP contribution in [0.4, 0.5) is 0 Å². The van der Waals surface area contributed by atoms with Crippen molar-refractivity contribution in [1.29, 1.82) is 0 Å². The van der Waals surface area contributed by atoms with Crippen LogP contribution in [0.5, 0.6) is 5.75 Å². The number of carbonyl (C=O) groups is 2. The van der Waals surface area contributed by atoms with Gasteiger partial charge in [0.25, 0.3) is 5.91 Å². The molecule has 0 saturated heterocycles. The van der Waals surface area contributed by atoms with Gasteiger partial charge >= 0.3 is 0 Å². The fourth-order valence-corrected chi connectivity index (χ4v) is 3.11. The molecule has 0 fully saturated rings. The summed E-state index contributed by atoms with van der Waals surface area (Å²) >= 11 is 0. The highest BCUT2D eigenvalue weighted by Gasteiger charge is 2.17. The molecule has 0 aliphatic carbocycles. The predicted octanol–water partition coefficient (Wildman–Crippen LogP) is 3.83. The summed E-state index contributed by atoms with van der Waals surface area (Å²) in [5, 5.41) is 0. The summed E-state index contributed by atoms with van der Waals surface area (Å²) in [6.45, 7) is 1.26. The van der Waals surface area contributed by atoms with Gasteiger partial charge in [0.1, 0.15) is 5.75 Å². The lowest BCUT2D eigenvalue weighted by Crippen LogP contribution is -2.33. The monoisotopic (exact) mass is 402 g/mol. The number of benzene rings is 3. The summed E-state index contributed by atoms with van der Waals surface area (Å²) in [6, 6.07) is 26.9. The molecule has 30 heavy (non-hydrogen) atoms. The number of carbonyl (C=O) groups excluding carboxylic acids is 2. The Hall–Kier alpha value is -3.60. The van der Waals surface area contributed by atoms with Gasteiger partial charge in [0, 0.05) is 31.5 Å². The zero-order valence-electron chi connectivity index (χ0n) is 16.9. The minimum absolute atomic E-state index is 0.124. The van der Waals surface area contributed by atoms with Crippen molar-refractivity contribution in [3.8, 4) is 5.75 Å². The molecule has 5 nitrogen and oxygen atoms in total. The highest BCUT2D eigenvalue weighted by atomic mass is 16.5. The molecule has 0 saturated carbocycles. The molecule has 5 heteroatoms. The average molecular weight is 402 g/mol. The lowest BCUT2D eigenvalue weighted by molar-refractivity contribution is -0.118. The second-order valence-electron chi connectivity index (χ2n) is 7.04. The molecule has 2 N–H and O–H groups in total. The third-order valence-corrected chi connectivity index (χ3v) is 4.74. The quantitative estimate of drug-likeness (QED) is 0.560. The average Bonchev–Trinajstić information content (AvgIpc) is 2.78. The van der Waals surface area contributed by atoms with Crippen LogP contribution in [0.25, 0.3) is 0 Å². The molecule has 3 aromatic carbocycles. The zero-order chi connectivity index (χ0) is 21.2. The van der Waals surface area contributed by atoms with Crippen molar-refractivity contribution in [2.24, 2.45) is 5.73 Å². The molecule has 0 aliphatic heterocycles. The zero-order valence-corrected chi connectivity index (χ0v) is 16.9. The number of amides is 2. The molecule has 0 unspecified atom stereocenters. The maximum absolute atomic E-state index is 13.0. The second kappa shape index (κ2) is 10.8. The van der Waals surface area contributed by atoms with Crippen LogP contribution < -0.4 is 10.5 Å². The largest absolute Gasteiger partial charge is 0.493 e. The standard InChI is InChI=1S/C25H26N2O3/c26-24(28)15-17-27(19-21-9-5-2-6-10-21)25(29)22-11-13-23(14-12-22)30-18-16-20-7-3-1-4-8-20/h1-14H,15-19H2,(H2,26,28). The van der Waals surface area contributed by atoms with Crippen molar-refractivity contribution >= 4 is 11.8 Å². The number of nitrogens with two attached hydrogens (primary N) is 1. The Bertz CT molecular complexity index is 941. The van der Waals surface area contributed by atoms with Crippen molar-refractivity contribution < 1.29 is 14.3 Å². The minimum atomic E-state index is -0.428. The van der Waals surface area contributed by atoms with Gasteiger partial charge in [-0.05, 0) is 35.4 Å². The molecule has 0 radical (unpaired) electrons. The van der Waals surface area contributed by atoms with Crippen LogP contribution in [0, 0.1) is 0 Å². The van der Waals surface area contributed by atoms with Crippen LogP contribution in [0.1, 0.15) is 27.9 Å². The maximum atomic E-state index is 13.0. The normalized spacial score (nSPS) is 10.4. The van der Waals surface area contributed by atoms with Crippen molar-refractivity contribution in [3.05, 3.63) is 102 Å². The SMILES string of the molecule is NC(=O)CCN(Cc1ccccc1)C(=O)c1ccc(OCCc2ccccc2)cc1. The first-order valence-electron chi connectivity index (χ1n) is 10.00. The topological polar surface area (TPSA) is 72.6 Å². The Morgan fingerprint density at radius 1 is 0.800 bits per heavy atom. The summed E-state index contributed by atoms with van der Waals surface area (Å²) < 4.78 is 5.79. The first-order valence-corrected chi connectivity index (χ1v) is 10.00. The van der Waals surface area contributed by atoms with Gasteiger partial charge in [0.05, 0.1) is 6.61 Å². The van der Waals surface area contributed by atoms with Gasteiger partial charge in [-0.2, -0.15) is 0 Å². The van der Waals surface area contributed by atoms with Crippen LogP contribution in [0.2, 0.25) is 0 Å².